The first-order valence-electron chi connectivity index (χ1n) is 10.9. The van der Waals surface area contributed by atoms with Gasteiger partial charge in [-0.1, -0.05) is 104 Å². The summed E-state index contributed by atoms with van der Waals surface area (Å²) in [6, 6.07) is 35.2. The lowest BCUT2D eigenvalue weighted by Crippen LogP contribution is -2.29. The Morgan fingerprint density at radius 1 is 0.647 bits per heavy atom. The van der Waals surface area contributed by atoms with Crippen LogP contribution in [0, 0.1) is 0 Å². The second-order valence-electron chi connectivity index (χ2n) is 7.75. The number of nitrogens with one attached hydrogen (secondary N) is 1. The van der Waals surface area contributed by atoms with Crippen LogP contribution < -0.4 is 10.8 Å². The summed E-state index contributed by atoms with van der Waals surface area (Å²) in [4.78, 5) is 11.7. The average Bonchev–Trinajstić information content (AvgIpc) is 2.89. The van der Waals surface area contributed by atoms with Crippen molar-refractivity contribution in [3.8, 4) is 0 Å². The summed E-state index contributed by atoms with van der Waals surface area (Å²) in [5.41, 5.74) is 7.13. The van der Waals surface area contributed by atoms with Gasteiger partial charge in [0.25, 0.3) is 0 Å². The quantitative estimate of drug-likeness (QED) is 0.223. The van der Waals surface area contributed by atoms with E-state index in [1.807, 2.05) is 72.8 Å². The number of carbonyl (C=O) groups excluding carboxylic acids is 1. The molecule has 1 amide bonds. The molecular weight excluding hydrogens is 421 g/mol. The molecule has 0 aromatic heterocycles. The summed E-state index contributed by atoms with van der Waals surface area (Å²) in [5, 5.41) is 21.9. The van der Waals surface area contributed by atoms with Crippen LogP contribution in [0.5, 0.6) is 0 Å². The van der Waals surface area contributed by atoms with Crippen LogP contribution in [0.4, 0.5) is 5.69 Å². The Balaban J connectivity index is 1.95. The first-order valence-corrected chi connectivity index (χ1v) is 10.9. The topological polar surface area (TPSA) is 69.6 Å². The van der Waals surface area contributed by atoms with Crippen molar-refractivity contribution in [2.45, 2.75) is 0 Å². The maximum absolute atomic E-state index is 11.7. The van der Waals surface area contributed by atoms with Gasteiger partial charge in [-0.15, -0.1) is 0 Å². The fraction of sp³-hybridized carbons (Fsp3) is 0. The van der Waals surface area contributed by atoms with E-state index < -0.39 is 7.12 Å². The van der Waals surface area contributed by atoms with E-state index in [0.717, 1.165) is 33.4 Å². The van der Waals surface area contributed by atoms with Crippen molar-refractivity contribution in [1.82, 2.24) is 0 Å². The van der Waals surface area contributed by atoms with Gasteiger partial charge >= 0.3 is 7.12 Å². The molecule has 0 atom stereocenters. The molecule has 0 radical (unpaired) electrons. The third-order valence-electron chi connectivity index (χ3n) is 5.50. The molecule has 5 heteroatoms. The van der Waals surface area contributed by atoms with Crippen LogP contribution in [0.2, 0.25) is 0 Å². The molecule has 34 heavy (non-hydrogen) atoms. The Morgan fingerprint density at radius 3 is 1.47 bits per heavy atom. The minimum atomic E-state index is -1.52. The molecule has 0 aliphatic rings. The summed E-state index contributed by atoms with van der Waals surface area (Å²) in [6.07, 6.45) is 1.24. The molecule has 0 unspecified atom stereocenters. The summed E-state index contributed by atoms with van der Waals surface area (Å²) in [5.74, 6) is -0.261. The van der Waals surface area contributed by atoms with Crippen molar-refractivity contribution >= 4 is 35.3 Å². The van der Waals surface area contributed by atoms with Crippen molar-refractivity contribution in [3.05, 3.63) is 144 Å². The lowest BCUT2D eigenvalue weighted by atomic mass is 9.78. The Labute approximate surface area is 199 Å². The van der Waals surface area contributed by atoms with Crippen molar-refractivity contribution in [3.63, 3.8) is 0 Å². The SMILES string of the molecule is C=CC(=O)Nc1ccc(/C(=C(\c2ccccc2)c2ccc(B(O)O)cc2)c2ccccc2)cc1. The molecule has 4 aromatic rings. The zero-order valence-corrected chi connectivity index (χ0v) is 18.6. The second-order valence-corrected chi connectivity index (χ2v) is 7.75. The Hall–Kier alpha value is -4.19. The van der Waals surface area contributed by atoms with E-state index in [0.29, 0.717) is 11.2 Å². The molecule has 0 aliphatic carbocycles. The maximum Gasteiger partial charge on any atom is 0.488 e. The lowest BCUT2D eigenvalue weighted by molar-refractivity contribution is -0.111. The molecule has 4 aromatic carbocycles. The highest BCUT2D eigenvalue weighted by Gasteiger charge is 2.17. The minimum absolute atomic E-state index is 0.261. The zero-order valence-electron chi connectivity index (χ0n) is 18.6. The minimum Gasteiger partial charge on any atom is -0.423 e. The lowest BCUT2D eigenvalue weighted by Gasteiger charge is -2.18. The van der Waals surface area contributed by atoms with E-state index in [2.05, 4.69) is 36.2 Å². The standard InChI is InChI=1S/C29H24BNO3/c1-2-27(32)31-26-19-15-24(16-20-26)29(22-11-7-4-8-12-22)28(21-9-5-3-6-10-21)23-13-17-25(18-14-23)30(33)34/h2-20,33-34H,1H2,(H,31,32)/b29-28+. The Bertz CT molecular complexity index is 1300. The smallest absolute Gasteiger partial charge is 0.423 e. The van der Waals surface area contributed by atoms with Crippen molar-refractivity contribution in [2.24, 2.45) is 0 Å². The Morgan fingerprint density at radius 2 is 1.06 bits per heavy atom. The zero-order chi connectivity index (χ0) is 23.9. The average molecular weight is 445 g/mol. The van der Waals surface area contributed by atoms with Gasteiger partial charge in [0.1, 0.15) is 0 Å². The molecule has 4 nitrogen and oxygen atoms in total. The van der Waals surface area contributed by atoms with Gasteiger partial charge in [0.2, 0.25) is 5.91 Å². The number of anilines is 1. The van der Waals surface area contributed by atoms with E-state index in [1.165, 1.54) is 6.08 Å². The summed E-state index contributed by atoms with van der Waals surface area (Å²) in [7, 11) is -1.52. The van der Waals surface area contributed by atoms with Crippen LogP contribution in [0.3, 0.4) is 0 Å². The van der Waals surface area contributed by atoms with Gasteiger partial charge in [-0.05, 0) is 57.1 Å². The number of amides is 1. The first-order chi connectivity index (χ1) is 16.6. The van der Waals surface area contributed by atoms with Gasteiger partial charge in [-0.3, -0.25) is 4.79 Å². The van der Waals surface area contributed by atoms with Gasteiger partial charge < -0.3 is 15.4 Å². The van der Waals surface area contributed by atoms with Crippen LogP contribution in [0.25, 0.3) is 11.1 Å². The number of hydrogen-bond acceptors (Lipinski definition) is 3. The predicted molar refractivity (Wildman–Crippen MR) is 139 cm³/mol. The monoisotopic (exact) mass is 445 g/mol. The van der Waals surface area contributed by atoms with Gasteiger partial charge in [-0.2, -0.15) is 0 Å². The largest absolute Gasteiger partial charge is 0.488 e. The molecule has 0 saturated heterocycles. The van der Waals surface area contributed by atoms with Crippen molar-refractivity contribution < 1.29 is 14.8 Å². The molecule has 3 N–H and O–H groups in total. The Kier molecular flexibility index (Phi) is 7.18. The van der Waals surface area contributed by atoms with Crippen LogP contribution in [0.15, 0.2) is 122 Å². The van der Waals surface area contributed by atoms with E-state index in [1.54, 1.807) is 12.1 Å². The summed E-state index contributed by atoms with van der Waals surface area (Å²) in [6.45, 7) is 3.50. The molecule has 0 spiro atoms. The summed E-state index contributed by atoms with van der Waals surface area (Å²) >= 11 is 0. The molecule has 4 rings (SSSR count). The van der Waals surface area contributed by atoms with Gasteiger partial charge in [0.15, 0.2) is 0 Å². The van der Waals surface area contributed by atoms with E-state index >= 15 is 0 Å². The van der Waals surface area contributed by atoms with Crippen LogP contribution in [-0.4, -0.2) is 23.1 Å². The van der Waals surface area contributed by atoms with Crippen molar-refractivity contribution in [2.75, 3.05) is 5.32 Å². The van der Waals surface area contributed by atoms with Crippen molar-refractivity contribution in [1.29, 1.82) is 0 Å². The third kappa shape index (κ3) is 5.23. The molecule has 0 fully saturated rings. The predicted octanol–water partition coefficient (Wildman–Crippen LogP) is 4.50. The second kappa shape index (κ2) is 10.6. The number of hydrogen-bond donors (Lipinski definition) is 3. The molecule has 166 valence electrons. The molecular formula is C29H24BNO3. The molecule has 0 aliphatic heterocycles. The van der Waals surface area contributed by atoms with Gasteiger partial charge in [0, 0.05) is 5.69 Å². The van der Waals surface area contributed by atoms with Gasteiger partial charge in [-0.25, -0.2) is 0 Å². The fourth-order valence-electron chi connectivity index (χ4n) is 3.86. The third-order valence-corrected chi connectivity index (χ3v) is 5.50. The van der Waals surface area contributed by atoms with E-state index in [9.17, 15) is 14.8 Å². The van der Waals surface area contributed by atoms with E-state index in [4.69, 9.17) is 0 Å². The number of carbonyl (C=O) groups is 1. The fourth-order valence-corrected chi connectivity index (χ4v) is 3.86. The van der Waals surface area contributed by atoms with Crippen LogP contribution >= 0.6 is 0 Å². The van der Waals surface area contributed by atoms with Crippen LogP contribution in [-0.2, 0) is 4.79 Å². The highest BCUT2D eigenvalue weighted by molar-refractivity contribution is 6.58. The van der Waals surface area contributed by atoms with E-state index in [-0.39, 0.29) is 5.91 Å². The molecule has 0 heterocycles. The van der Waals surface area contributed by atoms with Gasteiger partial charge in [0.05, 0.1) is 0 Å². The molecule has 0 bridgehead atoms. The number of rotatable bonds is 7. The molecule has 0 saturated carbocycles. The summed E-state index contributed by atoms with van der Waals surface area (Å²) < 4.78 is 0. The maximum atomic E-state index is 11.7. The highest BCUT2D eigenvalue weighted by Crippen LogP contribution is 2.37. The first kappa shape index (κ1) is 23.0. The highest BCUT2D eigenvalue weighted by atomic mass is 16.4. The van der Waals surface area contributed by atoms with Crippen LogP contribution in [0.1, 0.15) is 22.3 Å². The number of benzene rings is 4. The normalized spacial score (nSPS) is 11.4.